The van der Waals surface area contributed by atoms with E-state index in [1.54, 1.807) is 0 Å². The van der Waals surface area contributed by atoms with Crippen molar-refractivity contribution in [2.24, 2.45) is 0 Å². The van der Waals surface area contributed by atoms with Crippen molar-refractivity contribution < 1.29 is 18.8 Å². The number of ether oxygens (including phenoxy) is 2. The number of amides is 1. The predicted molar refractivity (Wildman–Crippen MR) is 112 cm³/mol. The minimum absolute atomic E-state index is 0.127. The molecule has 2 aliphatic heterocycles. The lowest BCUT2D eigenvalue weighted by Gasteiger charge is -2.34. The quantitative estimate of drug-likeness (QED) is 0.607. The molecule has 0 radical (unpaired) electrons. The number of aryl methyl sites for hydroxylation is 1. The van der Waals surface area contributed by atoms with Gasteiger partial charge in [0.05, 0.1) is 0 Å². The molecule has 2 aromatic carbocycles. The smallest absolute Gasteiger partial charge is 0.231 e. The SMILES string of the molecule is O=C(CCc1nc(-c2ccccc2)no1)N1CCN(Cc2ccc3c(c2)OCO3)CC1. The van der Waals surface area contributed by atoms with Gasteiger partial charge in [0.15, 0.2) is 11.5 Å². The van der Waals surface area contributed by atoms with E-state index in [1.165, 1.54) is 5.56 Å². The van der Waals surface area contributed by atoms with Crippen LogP contribution in [0.5, 0.6) is 11.5 Å². The van der Waals surface area contributed by atoms with Gasteiger partial charge in [-0.3, -0.25) is 9.69 Å². The Morgan fingerprint density at radius 1 is 0.968 bits per heavy atom. The van der Waals surface area contributed by atoms with E-state index in [0.717, 1.165) is 49.8 Å². The minimum atomic E-state index is 0.127. The van der Waals surface area contributed by atoms with Crippen LogP contribution in [0.3, 0.4) is 0 Å². The number of carbonyl (C=O) groups excluding carboxylic acids is 1. The summed E-state index contributed by atoms with van der Waals surface area (Å²) in [5.74, 6) is 2.79. The average molecular weight is 420 g/mol. The molecule has 0 aliphatic carbocycles. The van der Waals surface area contributed by atoms with E-state index in [-0.39, 0.29) is 12.7 Å². The van der Waals surface area contributed by atoms with Gasteiger partial charge in [0.1, 0.15) is 0 Å². The van der Waals surface area contributed by atoms with Crippen LogP contribution in [0.25, 0.3) is 11.4 Å². The van der Waals surface area contributed by atoms with E-state index in [2.05, 4.69) is 21.1 Å². The molecule has 160 valence electrons. The second-order valence-corrected chi connectivity index (χ2v) is 7.72. The Labute approximate surface area is 180 Å². The zero-order valence-electron chi connectivity index (χ0n) is 17.2. The number of nitrogens with zero attached hydrogens (tertiary/aromatic N) is 4. The van der Waals surface area contributed by atoms with Crippen molar-refractivity contribution in [2.45, 2.75) is 19.4 Å². The number of benzene rings is 2. The number of hydrogen-bond donors (Lipinski definition) is 0. The maximum absolute atomic E-state index is 12.6. The first-order valence-electron chi connectivity index (χ1n) is 10.5. The fourth-order valence-electron chi connectivity index (χ4n) is 3.89. The number of aromatic nitrogens is 2. The lowest BCUT2D eigenvalue weighted by molar-refractivity contribution is -0.133. The molecule has 8 nitrogen and oxygen atoms in total. The molecule has 1 fully saturated rings. The molecule has 0 bridgehead atoms. The van der Waals surface area contributed by atoms with E-state index in [1.807, 2.05) is 47.4 Å². The minimum Gasteiger partial charge on any atom is -0.454 e. The summed E-state index contributed by atoms with van der Waals surface area (Å²) in [6, 6.07) is 15.7. The van der Waals surface area contributed by atoms with Gasteiger partial charge in [0.25, 0.3) is 0 Å². The van der Waals surface area contributed by atoms with Crippen molar-refractivity contribution in [1.82, 2.24) is 19.9 Å². The van der Waals surface area contributed by atoms with Crippen LogP contribution in [0.4, 0.5) is 0 Å². The van der Waals surface area contributed by atoms with Crippen molar-refractivity contribution in [1.29, 1.82) is 0 Å². The Hall–Kier alpha value is -3.39. The largest absolute Gasteiger partial charge is 0.454 e. The molecule has 8 heteroatoms. The maximum atomic E-state index is 12.6. The zero-order chi connectivity index (χ0) is 21.0. The third-order valence-corrected chi connectivity index (χ3v) is 5.62. The monoisotopic (exact) mass is 420 g/mol. The summed E-state index contributed by atoms with van der Waals surface area (Å²) in [4.78, 5) is 21.3. The predicted octanol–water partition coefficient (Wildman–Crippen LogP) is 2.74. The van der Waals surface area contributed by atoms with E-state index in [4.69, 9.17) is 14.0 Å². The Kier molecular flexibility index (Phi) is 5.54. The van der Waals surface area contributed by atoms with Crippen LogP contribution in [0.2, 0.25) is 0 Å². The van der Waals surface area contributed by atoms with Crippen molar-refractivity contribution in [3.63, 3.8) is 0 Å². The molecular weight excluding hydrogens is 396 g/mol. The van der Waals surface area contributed by atoms with Gasteiger partial charge >= 0.3 is 0 Å². The summed E-state index contributed by atoms with van der Waals surface area (Å²) < 4.78 is 16.1. The highest BCUT2D eigenvalue weighted by molar-refractivity contribution is 5.76. The molecule has 1 saturated heterocycles. The third kappa shape index (κ3) is 4.54. The van der Waals surface area contributed by atoms with Gasteiger partial charge < -0.3 is 18.9 Å². The summed E-state index contributed by atoms with van der Waals surface area (Å²) in [7, 11) is 0. The first-order valence-corrected chi connectivity index (χ1v) is 10.5. The molecule has 0 atom stereocenters. The van der Waals surface area contributed by atoms with Gasteiger partial charge in [-0.15, -0.1) is 0 Å². The second kappa shape index (κ2) is 8.77. The van der Waals surface area contributed by atoms with Gasteiger partial charge in [0.2, 0.25) is 24.4 Å². The Balaban J connectivity index is 1.08. The summed E-state index contributed by atoms with van der Waals surface area (Å²) in [6.07, 6.45) is 0.828. The van der Waals surface area contributed by atoms with Crippen molar-refractivity contribution in [3.8, 4) is 22.9 Å². The Morgan fingerprint density at radius 2 is 1.77 bits per heavy atom. The normalized spacial score (nSPS) is 15.9. The molecule has 1 aromatic heterocycles. The van der Waals surface area contributed by atoms with Gasteiger partial charge in [-0.1, -0.05) is 41.6 Å². The fourth-order valence-corrected chi connectivity index (χ4v) is 3.89. The Morgan fingerprint density at radius 3 is 2.61 bits per heavy atom. The van der Waals surface area contributed by atoms with Gasteiger partial charge in [-0.05, 0) is 17.7 Å². The first-order chi connectivity index (χ1) is 15.2. The van der Waals surface area contributed by atoms with Crippen LogP contribution in [0.1, 0.15) is 17.9 Å². The lowest BCUT2D eigenvalue weighted by atomic mass is 10.1. The lowest BCUT2D eigenvalue weighted by Crippen LogP contribution is -2.48. The van der Waals surface area contributed by atoms with Crippen LogP contribution >= 0.6 is 0 Å². The average Bonchev–Trinajstić information content (AvgIpc) is 3.48. The van der Waals surface area contributed by atoms with Crippen molar-refractivity contribution in [2.75, 3.05) is 33.0 Å². The van der Waals surface area contributed by atoms with Crippen LogP contribution in [0, 0.1) is 0 Å². The highest BCUT2D eigenvalue weighted by Crippen LogP contribution is 2.32. The van der Waals surface area contributed by atoms with Crippen LogP contribution in [-0.4, -0.2) is 58.8 Å². The number of fused-ring (bicyclic) bond motifs is 1. The topological polar surface area (TPSA) is 80.9 Å². The molecule has 5 rings (SSSR count). The summed E-state index contributed by atoms with van der Waals surface area (Å²) in [5.41, 5.74) is 2.09. The second-order valence-electron chi connectivity index (χ2n) is 7.72. The Bertz CT molecular complexity index is 1040. The molecule has 0 N–H and O–H groups in total. The van der Waals surface area contributed by atoms with E-state index in [9.17, 15) is 4.79 Å². The number of hydrogen-bond acceptors (Lipinski definition) is 7. The molecule has 31 heavy (non-hydrogen) atoms. The fraction of sp³-hybridized carbons (Fsp3) is 0.348. The van der Waals surface area contributed by atoms with Gasteiger partial charge in [-0.2, -0.15) is 4.98 Å². The molecule has 0 spiro atoms. The van der Waals surface area contributed by atoms with Gasteiger partial charge in [-0.25, -0.2) is 0 Å². The van der Waals surface area contributed by atoms with Crippen LogP contribution in [0.15, 0.2) is 53.1 Å². The molecule has 0 saturated carbocycles. The summed E-state index contributed by atoms with van der Waals surface area (Å²) in [6.45, 7) is 4.27. The van der Waals surface area contributed by atoms with Gasteiger partial charge in [0, 0.05) is 51.1 Å². The van der Waals surface area contributed by atoms with Crippen LogP contribution < -0.4 is 9.47 Å². The molecule has 0 unspecified atom stereocenters. The summed E-state index contributed by atoms with van der Waals surface area (Å²) in [5, 5.41) is 4.01. The highest BCUT2D eigenvalue weighted by atomic mass is 16.7. The first kappa shape index (κ1) is 19.6. The number of carbonyl (C=O) groups is 1. The molecule has 3 heterocycles. The number of rotatable bonds is 6. The molecule has 2 aliphatic rings. The van der Waals surface area contributed by atoms with E-state index in [0.29, 0.717) is 24.6 Å². The van der Waals surface area contributed by atoms with E-state index >= 15 is 0 Å². The molecule has 3 aromatic rings. The molecule has 1 amide bonds. The van der Waals surface area contributed by atoms with Crippen LogP contribution in [-0.2, 0) is 17.8 Å². The maximum Gasteiger partial charge on any atom is 0.231 e. The highest BCUT2D eigenvalue weighted by Gasteiger charge is 2.22. The standard InChI is InChI=1S/C23H24N4O4/c28-22(9-8-21-24-23(25-31-21)18-4-2-1-3-5-18)27-12-10-26(11-13-27)15-17-6-7-19-20(14-17)30-16-29-19/h1-7,14H,8-13,15-16H2. The number of piperazine rings is 1. The van der Waals surface area contributed by atoms with Crippen molar-refractivity contribution in [3.05, 3.63) is 60.0 Å². The zero-order valence-corrected chi connectivity index (χ0v) is 17.2. The van der Waals surface area contributed by atoms with E-state index < -0.39 is 0 Å². The molecular formula is C23H24N4O4. The summed E-state index contributed by atoms with van der Waals surface area (Å²) >= 11 is 0. The van der Waals surface area contributed by atoms with Crippen molar-refractivity contribution >= 4 is 5.91 Å². The third-order valence-electron chi connectivity index (χ3n) is 5.62.